The number of benzene rings is 1. The van der Waals surface area contributed by atoms with Gasteiger partial charge in [0.2, 0.25) is 0 Å². The molecule has 1 fully saturated rings. The van der Waals surface area contributed by atoms with Crippen LogP contribution < -0.4 is 5.32 Å². The van der Waals surface area contributed by atoms with Gasteiger partial charge in [0.1, 0.15) is 0 Å². The molecule has 4 heteroatoms. The number of nitrogens with one attached hydrogen (secondary N) is 1. The van der Waals surface area contributed by atoms with Crippen molar-refractivity contribution in [1.82, 2.24) is 10.2 Å². The molecule has 0 unspecified atom stereocenters. The van der Waals surface area contributed by atoms with E-state index in [1.54, 1.807) is 18.2 Å². The molecule has 1 aliphatic carbocycles. The highest BCUT2D eigenvalue weighted by atomic mass is 19.3. The van der Waals surface area contributed by atoms with E-state index in [-0.39, 0.29) is 17.6 Å². The first-order chi connectivity index (χ1) is 8.96. The Morgan fingerprint density at radius 2 is 1.84 bits per heavy atom. The maximum Gasteiger partial charge on any atom is 0.285 e. The molecule has 0 atom stereocenters. The van der Waals surface area contributed by atoms with E-state index in [0.29, 0.717) is 6.54 Å². The van der Waals surface area contributed by atoms with Gasteiger partial charge in [-0.1, -0.05) is 30.3 Å². The third kappa shape index (κ3) is 3.12. The smallest absolute Gasteiger partial charge is 0.285 e. The van der Waals surface area contributed by atoms with Gasteiger partial charge < -0.3 is 10.2 Å². The SMILES string of the molecule is CN(C)C1(CNCC(F)(F)c2ccccc2)CCC1. The predicted molar refractivity (Wildman–Crippen MR) is 73.5 cm³/mol. The van der Waals surface area contributed by atoms with Crippen molar-refractivity contribution in [1.29, 1.82) is 0 Å². The molecule has 2 nitrogen and oxygen atoms in total. The van der Waals surface area contributed by atoms with Crippen LogP contribution in [-0.4, -0.2) is 37.6 Å². The molecular formula is C15H22F2N2. The lowest BCUT2D eigenvalue weighted by molar-refractivity contribution is -0.0119. The van der Waals surface area contributed by atoms with Crippen LogP contribution >= 0.6 is 0 Å². The number of likely N-dealkylation sites (N-methyl/N-ethyl adjacent to an activating group) is 1. The van der Waals surface area contributed by atoms with E-state index in [9.17, 15) is 8.78 Å². The van der Waals surface area contributed by atoms with Gasteiger partial charge in [0.15, 0.2) is 0 Å². The molecule has 1 aromatic rings. The lowest BCUT2D eigenvalue weighted by atomic mass is 9.75. The molecule has 1 N–H and O–H groups in total. The van der Waals surface area contributed by atoms with E-state index in [0.717, 1.165) is 12.8 Å². The Bertz CT molecular complexity index is 400. The fourth-order valence-electron chi connectivity index (χ4n) is 2.60. The zero-order chi connectivity index (χ0) is 13.9. The largest absolute Gasteiger partial charge is 0.309 e. The van der Waals surface area contributed by atoms with Crippen LogP contribution in [0, 0.1) is 0 Å². The van der Waals surface area contributed by atoms with Crippen molar-refractivity contribution in [2.75, 3.05) is 27.2 Å². The Balaban J connectivity index is 1.88. The van der Waals surface area contributed by atoms with Gasteiger partial charge in [-0.2, -0.15) is 8.78 Å². The second-order valence-electron chi connectivity index (χ2n) is 5.65. The van der Waals surface area contributed by atoms with E-state index >= 15 is 0 Å². The van der Waals surface area contributed by atoms with Crippen molar-refractivity contribution < 1.29 is 8.78 Å². The van der Waals surface area contributed by atoms with Gasteiger partial charge >= 0.3 is 0 Å². The number of hydrogen-bond acceptors (Lipinski definition) is 2. The lowest BCUT2D eigenvalue weighted by Crippen LogP contribution is -2.57. The fourth-order valence-corrected chi connectivity index (χ4v) is 2.60. The summed E-state index contributed by atoms with van der Waals surface area (Å²) in [6.45, 7) is 0.328. The van der Waals surface area contributed by atoms with Crippen LogP contribution in [0.5, 0.6) is 0 Å². The second-order valence-corrected chi connectivity index (χ2v) is 5.65. The Hall–Kier alpha value is -1.00. The normalized spacial score (nSPS) is 18.4. The second kappa shape index (κ2) is 5.55. The molecule has 1 aromatic carbocycles. The summed E-state index contributed by atoms with van der Waals surface area (Å²) in [5.41, 5.74) is 0.155. The minimum absolute atomic E-state index is 0.0762. The van der Waals surface area contributed by atoms with Crippen molar-refractivity contribution in [3.63, 3.8) is 0 Å². The minimum atomic E-state index is -2.81. The standard InChI is InChI=1S/C15H22F2N2/c1-19(2)14(9-6-10-14)11-18-12-15(16,17)13-7-4-3-5-8-13/h3-5,7-8,18H,6,9-12H2,1-2H3. The molecule has 1 saturated carbocycles. The van der Waals surface area contributed by atoms with Crippen LogP contribution in [-0.2, 0) is 5.92 Å². The molecule has 19 heavy (non-hydrogen) atoms. The molecule has 2 rings (SSSR count). The predicted octanol–water partition coefficient (Wildman–Crippen LogP) is 2.85. The highest BCUT2D eigenvalue weighted by molar-refractivity contribution is 5.20. The molecule has 106 valence electrons. The molecule has 0 amide bonds. The van der Waals surface area contributed by atoms with Crippen LogP contribution in [0.15, 0.2) is 30.3 Å². The molecular weight excluding hydrogens is 246 g/mol. The zero-order valence-electron chi connectivity index (χ0n) is 11.6. The average molecular weight is 268 g/mol. The maximum atomic E-state index is 14.0. The summed E-state index contributed by atoms with van der Waals surface area (Å²) in [5.74, 6) is -2.81. The van der Waals surface area contributed by atoms with Crippen molar-refractivity contribution in [2.45, 2.75) is 30.7 Å². The Morgan fingerprint density at radius 1 is 1.21 bits per heavy atom. The van der Waals surface area contributed by atoms with Crippen molar-refractivity contribution in [3.05, 3.63) is 35.9 Å². The van der Waals surface area contributed by atoms with E-state index in [4.69, 9.17) is 0 Å². The van der Waals surface area contributed by atoms with E-state index in [1.165, 1.54) is 18.6 Å². The summed E-state index contributed by atoms with van der Waals surface area (Å²) in [7, 11) is 4.05. The van der Waals surface area contributed by atoms with E-state index < -0.39 is 5.92 Å². The zero-order valence-corrected chi connectivity index (χ0v) is 11.6. The molecule has 0 saturated heterocycles. The summed E-state index contributed by atoms with van der Waals surface area (Å²) >= 11 is 0. The van der Waals surface area contributed by atoms with Crippen LogP contribution in [0.4, 0.5) is 8.78 Å². The molecule has 0 heterocycles. The van der Waals surface area contributed by atoms with Crippen LogP contribution in [0.25, 0.3) is 0 Å². The first-order valence-electron chi connectivity index (χ1n) is 6.78. The van der Waals surface area contributed by atoms with E-state index in [2.05, 4.69) is 10.2 Å². The van der Waals surface area contributed by atoms with Gasteiger partial charge in [-0.25, -0.2) is 0 Å². The van der Waals surface area contributed by atoms with E-state index in [1.807, 2.05) is 14.1 Å². The van der Waals surface area contributed by atoms with Gasteiger partial charge in [0, 0.05) is 17.6 Å². The minimum Gasteiger partial charge on any atom is -0.309 e. The van der Waals surface area contributed by atoms with Crippen molar-refractivity contribution in [3.8, 4) is 0 Å². The number of alkyl halides is 2. The summed E-state index contributed by atoms with van der Waals surface area (Å²) < 4.78 is 28.0. The summed E-state index contributed by atoms with van der Waals surface area (Å²) in [5, 5.41) is 2.96. The highest BCUT2D eigenvalue weighted by Gasteiger charge is 2.40. The van der Waals surface area contributed by atoms with Crippen molar-refractivity contribution >= 4 is 0 Å². The first kappa shape index (κ1) is 14.4. The molecule has 0 radical (unpaired) electrons. The topological polar surface area (TPSA) is 15.3 Å². The molecule has 0 aliphatic heterocycles. The van der Waals surface area contributed by atoms with Gasteiger partial charge in [0.05, 0.1) is 6.54 Å². The molecule has 0 spiro atoms. The van der Waals surface area contributed by atoms with Crippen LogP contribution in [0.2, 0.25) is 0 Å². The van der Waals surface area contributed by atoms with Gasteiger partial charge in [-0.15, -0.1) is 0 Å². The molecule has 1 aliphatic rings. The molecule has 0 bridgehead atoms. The Labute approximate surface area is 113 Å². The number of halogens is 2. The summed E-state index contributed by atoms with van der Waals surface area (Å²) in [6.07, 6.45) is 3.36. The van der Waals surface area contributed by atoms with Gasteiger partial charge in [-0.05, 0) is 33.4 Å². The lowest BCUT2D eigenvalue weighted by Gasteiger charge is -2.47. The Kier molecular flexibility index (Phi) is 4.21. The number of hydrogen-bond donors (Lipinski definition) is 1. The highest BCUT2D eigenvalue weighted by Crippen LogP contribution is 2.35. The van der Waals surface area contributed by atoms with Gasteiger partial charge in [-0.3, -0.25) is 0 Å². The summed E-state index contributed by atoms with van der Waals surface area (Å²) in [4.78, 5) is 2.16. The fraction of sp³-hybridized carbons (Fsp3) is 0.600. The number of rotatable bonds is 6. The average Bonchev–Trinajstić information content (AvgIpc) is 2.33. The van der Waals surface area contributed by atoms with Crippen LogP contribution in [0.1, 0.15) is 24.8 Å². The number of nitrogens with zero attached hydrogens (tertiary/aromatic N) is 1. The van der Waals surface area contributed by atoms with Crippen molar-refractivity contribution in [2.24, 2.45) is 0 Å². The first-order valence-corrected chi connectivity index (χ1v) is 6.78. The maximum absolute atomic E-state index is 14.0. The molecule has 0 aromatic heterocycles. The third-order valence-corrected chi connectivity index (χ3v) is 4.23. The van der Waals surface area contributed by atoms with Crippen LogP contribution in [0.3, 0.4) is 0 Å². The monoisotopic (exact) mass is 268 g/mol. The summed E-state index contributed by atoms with van der Waals surface area (Å²) in [6, 6.07) is 8.01. The Morgan fingerprint density at radius 3 is 2.32 bits per heavy atom. The quantitative estimate of drug-likeness (QED) is 0.853. The third-order valence-electron chi connectivity index (χ3n) is 4.23. The van der Waals surface area contributed by atoms with Gasteiger partial charge in [0.25, 0.3) is 5.92 Å².